The summed E-state index contributed by atoms with van der Waals surface area (Å²) in [5.74, 6) is -0.532. The van der Waals surface area contributed by atoms with E-state index in [4.69, 9.17) is 0 Å². The minimum absolute atomic E-state index is 0.0618. The van der Waals surface area contributed by atoms with Crippen molar-refractivity contribution >= 4 is 11.6 Å². The molecule has 1 aliphatic rings. The lowest BCUT2D eigenvalue weighted by atomic mass is 10.2. The van der Waals surface area contributed by atoms with Gasteiger partial charge in [-0.05, 0) is 43.9 Å². The highest BCUT2D eigenvalue weighted by molar-refractivity contribution is 5.93. The van der Waals surface area contributed by atoms with Crippen molar-refractivity contribution in [2.24, 2.45) is 0 Å². The van der Waals surface area contributed by atoms with Gasteiger partial charge in [0.2, 0.25) is 5.91 Å². The van der Waals surface area contributed by atoms with Crippen molar-refractivity contribution in [3.05, 3.63) is 51.9 Å². The van der Waals surface area contributed by atoms with Gasteiger partial charge in [-0.3, -0.25) is 9.59 Å². The lowest BCUT2D eigenvalue weighted by Crippen LogP contribution is -2.34. The van der Waals surface area contributed by atoms with Gasteiger partial charge in [0.1, 0.15) is 11.8 Å². The van der Waals surface area contributed by atoms with Crippen LogP contribution in [0.4, 0.5) is 14.5 Å². The number of halogens is 2. The Morgan fingerprint density at radius 1 is 1.32 bits per heavy atom. The second kappa shape index (κ2) is 7.00. The molecule has 3 rings (SSSR count). The number of nitrogens with one attached hydrogen (secondary N) is 1. The number of anilines is 1. The molecule has 0 bridgehead atoms. The van der Waals surface area contributed by atoms with Crippen molar-refractivity contribution < 1.29 is 18.3 Å². The number of amides is 1. The molecule has 0 saturated carbocycles. The van der Waals surface area contributed by atoms with E-state index in [2.05, 4.69) is 15.2 Å². The van der Waals surface area contributed by atoms with E-state index >= 15 is 0 Å². The van der Waals surface area contributed by atoms with Gasteiger partial charge in [-0.1, -0.05) is 6.07 Å². The molecule has 0 spiro atoms. The Hall–Kier alpha value is -2.77. The van der Waals surface area contributed by atoms with Gasteiger partial charge < -0.3 is 10.1 Å². The Labute approximate surface area is 142 Å². The predicted molar refractivity (Wildman–Crippen MR) is 86.9 cm³/mol. The van der Waals surface area contributed by atoms with Crippen LogP contribution in [0.3, 0.4) is 0 Å². The van der Waals surface area contributed by atoms with Gasteiger partial charge in [0.15, 0.2) is 0 Å². The first-order valence-corrected chi connectivity index (χ1v) is 7.91. The molecule has 6 nitrogen and oxygen atoms in total. The fourth-order valence-electron chi connectivity index (χ4n) is 2.80. The van der Waals surface area contributed by atoms with Crippen LogP contribution in [0.1, 0.15) is 30.6 Å². The number of ether oxygens (including phenoxy) is 1. The highest BCUT2D eigenvalue weighted by Gasteiger charge is 2.21. The first-order valence-electron chi connectivity index (χ1n) is 7.91. The molecule has 1 aromatic carbocycles. The smallest absolute Gasteiger partial charge is 0.387 e. The zero-order valence-electron chi connectivity index (χ0n) is 13.5. The third-order valence-corrected chi connectivity index (χ3v) is 4.06. The summed E-state index contributed by atoms with van der Waals surface area (Å²) >= 11 is 0. The molecule has 25 heavy (non-hydrogen) atoms. The van der Waals surface area contributed by atoms with Crippen molar-refractivity contribution in [1.29, 1.82) is 0 Å². The molecular formula is C17H17F2N3O3. The van der Waals surface area contributed by atoms with Crippen molar-refractivity contribution in [3.63, 3.8) is 0 Å². The van der Waals surface area contributed by atoms with Gasteiger partial charge >= 0.3 is 6.61 Å². The highest BCUT2D eigenvalue weighted by atomic mass is 19.3. The van der Waals surface area contributed by atoms with Crippen LogP contribution in [0.2, 0.25) is 0 Å². The maximum atomic E-state index is 12.4. The number of hydrogen-bond acceptors (Lipinski definition) is 4. The number of rotatable bonds is 5. The Balaban J connectivity index is 1.76. The summed E-state index contributed by atoms with van der Waals surface area (Å²) in [6, 6.07) is 6.36. The number of hydrogen-bond donors (Lipinski definition) is 1. The lowest BCUT2D eigenvalue weighted by Gasteiger charge is -2.15. The number of aryl methyl sites for hydroxylation is 2. The van der Waals surface area contributed by atoms with Crippen LogP contribution in [0, 0.1) is 0 Å². The van der Waals surface area contributed by atoms with Crippen LogP contribution in [0.25, 0.3) is 0 Å². The average molecular weight is 349 g/mol. The Bertz CT molecular complexity index is 851. The zero-order valence-corrected chi connectivity index (χ0v) is 13.5. The number of nitrogens with zero attached hydrogens (tertiary/aromatic N) is 2. The van der Waals surface area contributed by atoms with E-state index in [1.165, 1.54) is 24.3 Å². The summed E-state index contributed by atoms with van der Waals surface area (Å²) in [7, 11) is 0. The number of fused-ring (bicyclic) bond motifs is 1. The zero-order chi connectivity index (χ0) is 18.0. The number of carbonyl (C=O) groups is 1. The predicted octanol–water partition coefficient (Wildman–Crippen LogP) is 2.53. The van der Waals surface area contributed by atoms with Crippen LogP contribution in [-0.4, -0.2) is 22.3 Å². The molecule has 2 aromatic rings. The summed E-state index contributed by atoms with van der Waals surface area (Å²) in [6.07, 6.45) is 2.57. The molecule has 1 atom stereocenters. The molecular weight excluding hydrogens is 332 g/mol. The van der Waals surface area contributed by atoms with E-state index in [1.54, 1.807) is 13.0 Å². The average Bonchev–Trinajstić information content (AvgIpc) is 3.00. The summed E-state index contributed by atoms with van der Waals surface area (Å²) in [5.41, 5.74) is 1.74. The number of alkyl halides is 2. The van der Waals surface area contributed by atoms with Crippen molar-refractivity contribution in [3.8, 4) is 5.75 Å². The largest absolute Gasteiger partial charge is 0.435 e. The molecule has 0 aliphatic heterocycles. The normalized spacial score (nSPS) is 14.2. The molecule has 1 aromatic heterocycles. The van der Waals surface area contributed by atoms with Crippen LogP contribution in [-0.2, 0) is 17.6 Å². The molecule has 0 fully saturated rings. The second-order valence-corrected chi connectivity index (χ2v) is 5.82. The molecule has 1 N–H and O–H groups in total. The molecule has 0 saturated heterocycles. The highest BCUT2D eigenvalue weighted by Crippen LogP contribution is 2.21. The van der Waals surface area contributed by atoms with Gasteiger partial charge in [-0.2, -0.15) is 13.9 Å². The van der Waals surface area contributed by atoms with Crippen molar-refractivity contribution in [2.75, 3.05) is 5.32 Å². The summed E-state index contributed by atoms with van der Waals surface area (Å²) in [5, 5.41) is 6.88. The Morgan fingerprint density at radius 3 is 2.88 bits per heavy atom. The van der Waals surface area contributed by atoms with Gasteiger partial charge in [-0.15, -0.1) is 0 Å². The van der Waals surface area contributed by atoms with Crippen LogP contribution >= 0.6 is 0 Å². The van der Waals surface area contributed by atoms with E-state index in [0.29, 0.717) is 5.69 Å². The molecule has 1 amide bonds. The van der Waals surface area contributed by atoms with E-state index in [0.717, 1.165) is 35.2 Å². The van der Waals surface area contributed by atoms with Crippen LogP contribution < -0.4 is 15.6 Å². The minimum atomic E-state index is -2.95. The van der Waals surface area contributed by atoms with Gasteiger partial charge in [0.05, 0.1) is 5.69 Å². The first-order chi connectivity index (χ1) is 11.9. The molecule has 1 aliphatic carbocycles. The maximum Gasteiger partial charge on any atom is 0.387 e. The number of aromatic nitrogens is 2. The molecule has 0 radical (unpaired) electrons. The number of carbonyl (C=O) groups excluding carboxylic acids is 1. The lowest BCUT2D eigenvalue weighted by molar-refractivity contribution is -0.119. The van der Waals surface area contributed by atoms with E-state index in [9.17, 15) is 18.4 Å². The quantitative estimate of drug-likeness (QED) is 0.900. The van der Waals surface area contributed by atoms with E-state index in [-0.39, 0.29) is 11.3 Å². The summed E-state index contributed by atoms with van der Waals surface area (Å²) in [6.45, 7) is -1.39. The molecule has 8 heteroatoms. The van der Waals surface area contributed by atoms with Crippen molar-refractivity contribution in [1.82, 2.24) is 9.78 Å². The van der Waals surface area contributed by atoms with E-state index in [1.807, 2.05) is 0 Å². The van der Waals surface area contributed by atoms with Crippen molar-refractivity contribution in [2.45, 2.75) is 38.8 Å². The van der Waals surface area contributed by atoms with Gasteiger partial charge in [-0.25, -0.2) is 4.68 Å². The summed E-state index contributed by atoms with van der Waals surface area (Å²) in [4.78, 5) is 24.6. The maximum absolute atomic E-state index is 12.4. The SMILES string of the molecule is CC(C(=O)Nc1cccc(OC(F)F)c1)n1nc2c(cc1=O)CCC2. The van der Waals surface area contributed by atoms with Crippen LogP contribution in [0.5, 0.6) is 5.75 Å². The first kappa shape index (κ1) is 17.1. The second-order valence-electron chi connectivity index (χ2n) is 5.82. The fourth-order valence-corrected chi connectivity index (χ4v) is 2.80. The van der Waals surface area contributed by atoms with Crippen LogP contribution in [0.15, 0.2) is 35.1 Å². The number of benzene rings is 1. The third-order valence-electron chi connectivity index (χ3n) is 4.06. The minimum Gasteiger partial charge on any atom is -0.435 e. The topological polar surface area (TPSA) is 73.2 Å². The van der Waals surface area contributed by atoms with E-state index < -0.39 is 18.6 Å². The third kappa shape index (κ3) is 3.84. The molecule has 1 unspecified atom stereocenters. The Morgan fingerprint density at radius 2 is 2.12 bits per heavy atom. The summed E-state index contributed by atoms with van der Waals surface area (Å²) < 4.78 is 30.0. The fraction of sp³-hybridized carbons (Fsp3) is 0.353. The molecule has 1 heterocycles. The monoisotopic (exact) mass is 349 g/mol. The standard InChI is InChI=1S/C17H17F2N3O3/c1-10(22-15(23)8-11-4-2-7-14(11)21-22)16(24)20-12-5-3-6-13(9-12)25-17(18)19/h3,5-6,8-10,17H,2,4,7H2,1H3,(H,20,24). The van der Waals surface area contributed by atoms with Gasteiger partial charge in [0.25, 0.3) is 5.56 Å². The molecule has 132 valence electrons. The Kier molecular flexibility index (Phi) is 4.78. The van der Waals surface area contributed by atoms with Gasteiger partial charge in [0, 0.05) is 17.8 Å².